The molecule has 2 heterocycles. The van der Waals surface area contributed by atoms with Crippen LogP contribution in [0, 0.1) is 0 Å². The van der Waals surface area contributed by atoms with Crippen LogP contribution in [0.4, 0.5) is 5.82 Å². The number of nitrogen functional groups attached to an aromatic ring is 1. The minimum Gasteiger partial charge on any atom is -0.384 e. The van der Waals surface area contributed by atoms with Gasteiger partial charge in [-0.15, -0.1) is 0 Å². The van der Waals surface area contributed by atoms with Gasteiger partial charge in [0.2, 0.25) is 0 Å². The van der Waals surface area contributed by atoms with Crippen LogP contribution in [0.2, 0.25) is 0 Å². The normalized spacial score (nSPS) is 10.7. The van der Waals surface area contributed by atoms with Gasteiger partial charge in [-0.3, -0.25) is 4.68 Å². The predicted octanol–water partition coefficient (Wildman–Crippen LogP) is 1.89. The van der Waals surface area contributed by atoms with Crippen molar-refractivity contribution in [2.24, 2.45) is 0 Å². The van der Waals surface area contributed by atoms with E-state index in [-0.39, 0.29) is 0 Å². The molecule has 5 nitrogen and oxygen atoms in total. The molecule has 0 unspecified atom stereocenters. The third-order valence-corrected chi connectivity index (χ3v) is 2.52. The second-order valence-electron chi connectivity index (χ2n) is 3.93. The first-order valence-electron chi connectivity index (χ1n) is 5.89. The lowest BCUT2D eigenvalue weighted by molar-refractivity contribution is 0.660. The van der Waals surface area contributed by atoms with Crippen LogP contribution in [0.1, 0.15) is 26.1 Å². The van der Waals surface area contributed by atoms with Crippen LogP contribution in [-0.4, -0.2) is 19.7 Å². The van der Waals surface area contributed by atoms with E-state index in [2.05, 4.69) is 22.0 Å². The average Bonchev–Trinajstić information content (AvgIpc) is 2.77. The Kier molecular flexibility index (Phi) is 3.37. The van der Waals surface area contributed by atoms with E-state index < -0.39 is 0 Å². The van der Waals surface area contributed by atoms with Crippen LogP contribution in [0.3, 0.4) is 0 Å². The second-order valence-corrected chi connectivity index (χ2v) is 3.93. The van der Waals surface area contributed by atoms with E-state index in [0.29, 0.717) is 5.82 Å². The molecular weight excluding hydrogens is 214 g/mol. The van der Waals surface area contributed by atoms with Crippen molar-refractivity contribution >= 4 is 5.82 Å². The Morgan fingerprint density at radius 2 is 2.12 bits per heavy atom. The molecule has 0 bridgehead atoms. The SMILES string of the molecule is CCCc1nc(N)cc(-c2cnn(CC)c2)n1. The summed E-state index contributed by atoms with van der Waals surface area (Å²) in [5, 5.41) is 4.23. The first-order valence-corrected chi connectivity index (χ1v) is 5.89. The third-order valence-electron chi connectivity index (χ3n) is 2.52. The molecule has 0 saturated heterocycles. The number of aromatic nitrogens is 4. The summed E-state index contributed by atoms with van der Waals surface area (Å²) in [4.78, 5) is 8.71. The summed E-state index contributed by atoms with van der Waals surface area (Å²) in [7, 11) is 0. The summed E-state index contributed by atoms with van der Waals surface area (Å²) in [5.41, 5.74) is 7.62. The van der Waals surface area contributed by atoms with Gasteiger partial charge in [0.25, 0.3) is 0 Å². The quantitative estimate of drug-likeness (QED) is 0.872. The maximum atomic E-state index is 5.79. The molecular formula is C12H17N5. The van der Waals surface area contributed by atoms with Crippen molar-refractivity contribution in [3.63, 3.8) is 0 Å². The highest BCUT2D eigenvalue weighted by Gasteiger charge is 2.06. The van der Waals surface area contributed by atoms with Gasteiger partial charge in [0.05, 0.1) is 11.9 Å². The first-order chi connectivity index (χ1) is 8.22. The van der Waals surface area contributed by atoms with Crippen molar-refractivity contribution in [2.45, 2.75) is 33.2 Å². The van der Waals surface area contributed by atoms with Crippen LogP contribution >= 0.6 is 0 Å². The largest absolute Gasteiger partial charge is 0.384 e. The first kappa shape index (κ1) is 11.6. The van der Waals surface area contributed by atoms with Crippen molar-refractivity contribution in [3.05, 3.63) is 24.3 Å². The fourth-order valence-corrected chi connectivity index (χ4v) is 1.67. The molecule has 2 aromatic heterocycles. The topological polar surface area (TPSA) is 69.6 Å². The van der Waals surface area contributed by atoms with E-state index in [1.165, 1.54) is 0 Å². The van der Waals surface area contributed by atoms with Gasteiger partial charge in [-0.25, -0.2) is 9.97 Å². The second kappa shape index (κ2) is 4.95. The van der Waals surface area contributed by atoms with E-state index in [1.54, 1.807) is 12.3 Å². The van der Waals surface area contributed by atoms with Crippen LogP contribution in [-0.2, 0) is 13.0 Å². The van der Waals surface area contributed by atoms with Crippen molar-refractivity contribution in [3.8, 4) is 11.3 Å². The number of rotatable bonds is 4. The van der Waals surface area contributed by atoms with Crippen molar-refractivity contribution in [1.82, 2.24) is 19.7 Å². The Morgan fingerprint density at radius 1 is 1.29 bits per heavy atom. The summed E-state index contributed by atoms with van der Waals surface area (Å²) in [6.07, 6.45) is 5.63. The third kappa shape index (κ3) is 2.61. The Morgan fingerprint density at radius 3 is 2.76 bits per heavy atom. The van der Waals surface area contributed by atoms with Gasteiger partial charge in [-0.1, -0.05) is 6.92 Å². The molecule has 2 aromatic rings. The zero-order chi connectivity index (χ0) is 12.3. The summed E-state index contributed by atoms with van der Waals surface area (Å²) < 4.78 is 1.87. The van der Waals surface area contributed by atoms with Crippen LogP contribution < -0.4 is 5.73 Å². The summed E-state index contributed by atoms with van der Waals surface area (Å²) in [5.74, 6) is 1.31. The Bertz CT molecular complexity index is 503. The maximum Gasteiger partial charge on any atom is 0.131 e. The summed E-state index contributed by atoms with van der Waals surface area (Å²) in [6, 6.07) is 1.79. The molecule has 5 heteroatoms. The average molecular weight is 231 g/mol. The molecule has 0 aliphatic heterocycles. The van der Waals surface area contributed by atoms with Gasteiger partial charge in [0.15, 0.2) is 0 Å². The monoisotopic (exact) mass is 231 g/mol. The van der Waals surface area contributed by atoms with Crippen molar-refractivity contribution < 1.29 is 0 Å². The summed E-state index contributed by atoms with van der Waals surface area (Å²) in [6.45, 7) is 5.00. The summed E-state index contributed by atoms with van der Waals surface area (Å²) >= 11 is 0. The molecule has 0 spiro atoms. The van der Waals surface area contributed by atoms with Crippen LogP contribution in [0.15, 0.2) is 18.5 Å². The fourth-order valence-electron chi connectivity index (χ4n) is 1.67. The standard InChI is InChI=1S/C12H17N5/c1-3-5-12-15-10(6-11(13)16-12)9-7-14-17(4-2)8-9/h6-8H,3-5H2,1-2H3,(H2,13,15,16). The van der Waals surface area contributed by atoms with Gasteiger partial charge in [0, 0.05) is 30.8 Å². The van der Waals surface area contributed by atoms with Gasteiger partial charge in [-0.05, 0) is 13.3 Å². The van der Waals surface area contributed by atoms with Gasteiger partial charge in [0.1, 0.15) is 11.6 Å². The van der Waals surface area contributed by atoms with Gasteiger partial charge >= 0.3 is 0 Å². The predicted molar refractivity (Wildman–Crippen MR) is 67.3 cm³/mol. The fraction of sp³-hybridized carbons (Fsp3) is 0.417. The number of anilines is 1. The zero-order valence-electron chi connectivity index (χ0n) is 10.2. The zero-order valence-corrected chi connectivity index (χ0v) is 10.2. The highest BCUT2D eigenvalue weighted by Crippen LogP contribution is 2.18. The highest BCUT2D eigenvalue weighted by atomic mass is 15.3. The Labute approximate surface area is 101 Å². The van der Waals surface area contributed by atoms with E-state index in [0.717, 1.165) is 36.5 Å². The molecule has 2 rings (SSSR count). The van der Waals surface area contributed by atoms with Gasteiger partial charge < -0.3 is 5.73 Å². The number of hydrogen-bond acceptors (Lipinski definition) is 4. The van der Waals surface area contributed by atoms with E-state index in [1.807, 2.05) is 17.8 Å². The molecule has 17 heavy (non-hydrogen) atoms. The number of hydrogen-bond donors (Lipinski definition) is 1. The Hall–Kier alpha value is -1.91. The van der Waals surface area contributed by atoms with E-state index >= 15 is 0 Å². The molecule has 0 radical (unpaired) electrons. The molecule has 90 valence electrons. The maximum absolute atomic E-state index is 5.79. The molecule has 0 aliphatic rings. The number of nitrogens with two attached hydrogens (primary N) is 1. The van der Waals surface area contributed by atoms with Crippen LogP contribution in [0.25, 0.3) is 11.3 Å². The lowest BCUT2D eigenvalue weighted by Crippen LogP contribution is -2.00. The van der Waals surface area contributed by atoms with Crippen molar-refractivity contribution in [2.75, 3.05) is 5.73 Å². The lowest BCUT2D eigenvalue weighted by Gasteiger charge is -2.03. The molecule has 0 fully saturated rings. The molecule has 0 amide bonds. The van der Waals surface area contributed by atoms with E-state index in [4.69, 9.17) is 5.73 Å². The molecule has 0 aromatic carbocycles. The molecule has 0 atom stereocenters. The smallest absolute Gasteiger partial charge is 0.131 e. The minimum absolute atomic E-state index is 0.516. The number of aryl methyl sites for hydroxylation is 2. The number of nitrogens with zero attached hydrogens (tertiary/aromatic N) is 4. The van der Waals surface area contributed by atoms with Gasteiger partial charge in [-0.2, -0.15) is 5.10 Å². The molecule has 2 N–H and O–H groups in total. The van der Waals surface area contributed by atoms with Crippen LogP contribution in [0.5, 0.6) is 0 Å². The highest BCUT2D eigenvalue weighted by molar-refractivity contribution is 5.60. The van der Waals surface area contributed by atoms with E-state index in [9.17, 15) is 0 Å². The minimum atomic E-state index is 0.516. The molecule has 0 saturated carbocycles. The van der Waals surface area contributed by atoms with Crippen molar-refractivity contribution in [1.29, 1.82) is 0 Å². The Balaban J connectivity index is 2.37. The lowest BCUT2D eigenvalue weighted by atomic mass is 10.2. The molecule has 0 aliphatic carbocycles.